The molecular formula is C41H38N2O7S2. The van der Waals surface area contributed by atoms with Gasteiger partial charge in [0.15, 0.2) is 11.5 Å². The second-order valence-corrected chi connectivity index (χ2v) is 17.4. The van der Waals surface area contributed by atoms with E-state index in [2.05, 4.69) is 48.7 Å². The lowest BCUT2D eigenvalue weighted by molar-refractivity contribution is -0.141. The van der Waals surface area contributed by atoms with E-state index in [4.69, 9.17) is 9.47 Å². The van der Waals surface area contributed by atoms with Gasteiger partial charge < -0.3 is 9.47 Å². The molecule has 3 aromatic rings. The molecule has 0 unspecified atom stereocenters. The van der Waals surface area contributed by atoms with Crippen LogP contribution in [0.2, 0.25) is 0 Å². The van der Waals surface area contributed by atoms with Gasteiger partial charge in [0.2, 0.25) is 0 Å². The Kier molecular flexibility index (Phi) is 8.34. The number of rotatable bonds is 4. The fourth-order valence-electron chi connectivity index (χ4n) is 9.01. The third-order valence-electron chi connectivity index (χ3n) is 11.8. The predicted octanol–water partition coefficient (Wildman–Crippen LogP) is 7.91. The second-order valence-electron chi connectivity index (χ2n) is 15.1. The van der Waals surface area contributed by atoms with E-state index >= 15 is 0 Å². The average Bonchev–Trinajstić information content (AvgIpc) is 3.57. The SMILES string of the molecule is CC1CCC(C(=O)Oc2c3c(c(OC(=O)C4CCC(C)CC4)c4c2C2c5ccccc5C4c4ccccc42)SC(=C2C(=O)NC(=O)NC2=O)S3)CC1. The van der Waals surface area contributed by atoms with Crippen LogP contribution in [0, 0.1) is 23.7 Å². The van der Waals surface area contributed by atoms with Gasteiger partial charge in [0.1, 0.15) is 5.57 Å². The Hall–Kier alpha value is -4.35. The first-order valence-corrected chi connectivity index (χ1v) is 19.9. The zero-order chi connectivity index (χ0) is 35.8. The molecule has 2 bridgehead atoms. The fourth-order valence-corrected chi connectivity index (χ4v) is 11.7. The smallest absolute Gasteiger partial charge is 0.328 e. The van der Waals surface area contributed by atoms with Gasteiger partial charge in [-0.15, -0.1) is 0 Å². The molecule has 52 heavy (non-hydrogen) atoms. The molecule has 3 fully saturated rings. The third-order valence-corrected chi connectivity index (χ3v) is 14.4. The largest absolute Gasteiger partial charge is 0.425 e. The van der Waals surface area contributed by atoms with Gasteiger partial charge in [0.05, 0.1) is 25.9 Å². The zero-order valence-corrected chi connectivity index (χ0v) is 30.5. The Bertz CT molecular complexity index is 1940. The van der Waals surface area contributed by atoms with E-state index in [0.29, 0.717) is 37.4 Å². The summed E-state index contributed by atoms with van der Waals surface area (Å²) in [6.07, 6.45) is 6.74. The van der Waals surface area contributed by atoms with Crippen LogP contribution in [0.1, 0.15) is 110 Å². The maximum Gasteiger partial charge on any atom is 0.328 e. The Morgan fingerprint density at radius 1 is 0.596 bits per heavy atom. The lowest BCUT2D eigenvalue weighted by Crippen LogP contribution is -2.51. The molecule has 5 aliphatic carbocycles. The number of benzene rings is 3. The Balaban J connectivity index is 1.27. The number of urea groups is 1. The highest BCUT2D eigenvalue weighted by atomic mass is 32.2. The lowest BCUT2D eigenvalue weighted by Gasteiger charge is -2.43. The molecule has 2 aliphatic heterocycles. The van der Waals surface area contributed by atoms with Crippen molar-refractivity contribution in [3.8, 4) is 11.5 Å². The van der Waals surface area contributed by atoms with Gasteiger partial charge >= 0.3 is 18.0 Å². The Morgan fingerprint density at radius 3 is 1.33 bits per heavy atom. The van der Waals surface area contributed by atoms with E-state index in [1.165, 1.54) is 0 Å². The van der Waals surface area contributed by atoms with Crippen molar-refractivity contribution in [2.24, 2.45) is 23.7 Å². The standard InChI is InChI=1S/C41H38N2O7S2/c1-19-11-15-21(16-12-19)38(46)49-32-29-27-23-7-3-5-9-25(23)28(26-10-6-4-8-24(26)27)30(29)33(50-39(47)22-17-13-20(2)14-18-22)35-34(32)51-40(52-35)31-36(44)42-41(48)43-37(31)45/h3-10,19-22,27-28H,11-18H2,1-2H3,(H2,42,43,44,45,48). The summed E-state index contributed by atoms with van der Waals surface area (Å²) in [7, 11) is 0. The van der Waals surface area contributed by atoms with Gasteiger partial charge in [-0.05, 0) is 85.5 Å². The van der Waals surface area contributed by atoms with Gasteiger partial charge in [-0.2, -0.15) is 0 Å². The van der Waals surface area contributed by atoms with Crippen molar-refractivity contribution in [2.45, 2.75) is 86.8 Å². The van der Waals surface area contributed by atoms with Crippen molar-refractivity contribution >= 4 is 53.3 Å². The average molecular weight is 735 g/mol. The summed E-state index contributed by atoms with van der Waals surface area (Å²) < 4.78 is 13.5. The van der Waals surface area contributed by atoms with Gasteiger partial charge in [-0.25, -0.2) is 4.79 Å². The van der Waals surface area contributed by atoms with Gasteiger partial charge in [0.25, 0.3) is 11.8 Å². The normalized spacial score (nSPS) is 27.2. The van der Waals surface area contributed by atoms with Crippen molar-refractivity contribution in [1.82, 2.24) is 10.6 Å². The van der Waals surface area contributed by atoms with Crippen LogP contribution in [-0.2, 0) is 19.2 Å². The summed E-state index contributed by atoms with van der Waals surface area (Å²) >= 11 is 2.30. The molecule has 1 saturated heterocycles. The maximum atomic E-state index is 14.2. The van der Waals surface area contributed by atoms with Crippen LogP contribution in [0.25, 0.3) is 0 Å². The fraction of sp³-hybridized carbons (Fsp3) is 0.390. The Morgan fingerprint density at radius 2 is 0.962 bits per heavy atom. The van der Waals surface area contributed by atoms with E-state index in [9.17, 15) is 24.0 Å². The molecule has 7 aliphatic rings. The van der Waals surface area contributed by atoms with E-state index in [1.54, 1.807) is 0 Å². The topological polar surface area (TPSA) is 128 Å². The van der Waals surface area contributed by atoms with Crippen LogP contribution in [0.5, 0.6) is 11.5 Å². The summed E-state index contributed by atoms with van der Waals surface area (Å²) in [6.45, 7) is 4.41. The second kappa shape index (κ2) is 12.9. The highest BCUT2D eigenvalue weighted by molar-refractivity contribution is 8.25. The van der Waals surface area contributed by atoms with Gasteiger partial charge in [-0.3, -0.25) is 29.8 Å². The molecule has 9 nitrogen and oxygen atoms in total. The number of fused-ring (bicyclic) bond motifs is 1. The molecule has 0 spiro atoms. The Labute approximate surface area is 310 Å². The minimum absolute atomic E-state index is 0.213. The molecule has 2 N–H and O–H groups in total. The third kappa shape index (κ3) is 5.41. The monoisotopic (exact) mass is 734 g/mol. The molecule has 2 heterocycles. The number of barbiturate groups is 1. The highest BCUT2D eigenvalue weighted by Gasteiger charge is 2.50. The first-order chi connectivity index (χ1) is 25.2. The molecule has 0 aromatic heterocycles. The minimum atomic E-state index is -0.889. The van der Waals surface area contributed by atoms with Crippen molar-refractivity contribution in [1.29, 1.82) is 0 Å². The van der Waals surface area contributed by atoms with Crippen molar-refractivity contribution in [3.05, 3.63) is 91.7 Å². The van der Waals surface area contributed by atoms with Crippen molar-refractivity contribution in [3.63, 3.8) is 0 Å². The molecule has 0 atom stereocenters. The number of nitrogens with one attached hydrogen (secondary N) is 2. The van der Waals surface area contributed by atoms with Crippen LogP contribution in [-0.4, -0.2) is 29.8 Å². The summed E-state index contributed by atoms with van der Waals surface area (Å²) in [4.78, 5) is 67.7. The van der Waals surface area contributed by atoms with Crippen molar-refractivity contribution in [2.75, 3.05) is 0 Å². The lowest BCUT2D eigenvalue weighted by atomic mass is 9.60. The van der Waals surface area contributed by atoms with Crippen LogP contribution < -0.4 is 20.1 Å². The van der Waals surface area contributed by atoms with Crippen LogP contribution in [0.4, 0.5) is 4.79 Å². The number of thioether (sulfide) groups is 2. The first kappa shape index (κ1) is 33.5. The number of amides is 4. The van der Waals surface area contributed by atoms with Gasteiger partial charge in [-0.1, -0.05) is 85.9 Å². The van der Waals surface area contributed by atoms with E-state index in [0.717, 1.165) is 108 Å². The quantitative estimate of drug-likeness (QED) is 0.0820. The van der Waals surface area contributed by atoms with Crippen LogP contribution in [0.3, 0.4) is 0 Å². The molecule has 11 heteroatoms. The first-order valence-electron chi connectivity index (χ1n) is 18.3. The number of hydrogen-bond acceptors (Lipinski definition) is 9. The number of hydrogen-bond donors (Lipinski definition) is 2. The number of carbonyl (C=O) groups excluding carboxylic acids is 5. The molecule has 3 aromatic carbocycles. The number of ether oxygens (including phenoxy) is 2. The molecular weight excluding hydrogens is 697 g/mol. The molecule has 2 saturated carbocycles. The maximum absolute atomic E-state index is 14.2. The van der Waals surface area contributed by atoms with E-state index < -0.39 is 17.8 Å². The van der Waals surface area contributed by atoms with Gasteiger partial charge in [0, 0.05) is 23.0 Å². The minimum Gasteiger partial charge on any atom is -0.425 e. The van der Waals surface area contributed by atoms with Crippen LogP contribution >= 0.6 is 23.5 Å². The van der Waals surface area contributed by atoms with E-state index in [-0.39, 0.29) is 41.2 Å². The summed E-state index contributed by atoms with van der Waals surface area (Å²) in [5, 5.41) is 4.38. The highest BCUT2D eigenvalue weighted by Crippen LogP contribution is 2.68. The molecule has 10 rings (SSSR count). The summed E-state index contributed by atoms with van der Waals surface area (Å²) in [5.41, 5.74) is 5.74. The van der Waals surface area contributed by atoms with Crippen molar-refractivity contribution < 1.29 is 33.4 Å². The van der Waals surface area contributed by atoms with E-state index in [1.807, 2.05) is 24.3 Å². The van der Waals surface area contributed by atoms with Crippen LogP contribution in [0.15, 0.2) is 68.1 Å². The zero-order valence-electron chi connectivity index (χ0n) is 28.9. The molecule has 0 radical (unpaired) electrons. The summed E-state index contributed by atoms with van der Waals surface area (Å²) in [5.74, 6) is -1.51. The molecule has 4 amide bonds. The summed E-state index contributed by atoms with van der Waals surface area (Å²) in [6, 6.07) is 15.6. The number of carbonyl (C=O) groups is 5. The number of esters is 2. The number of imide groups is 2. The predicted molar refractivity (Wildman–Crippen MR) is 195 cm³/mol. The molecule has 266 valence electrons.